The monoisotopic (exact) mass is 442 g/mol. The Morgan fingerprint density at radius 1 is 1.17 bits per heavy atom. The summed E-state index contributed by atoms with van der Waals surface area (Å²) in [5, 5.41) is 2.29. The molecule has 3 saturated heterocycles. The Hall–Kier alpha value is -1.23. The summed E-state index contributed by atoms with van der Waals surface area (Å²) in [4.78, 5) is 13.3. The Morgan fingerprint density at radius 3 is 2.69 bits per heavy atom. The van der Waals surface area contributed by atoms with E-state index in [2.05, 4.69) is 25.4 Å². The van der Waals surface area contributed by atoms with E-state index in [1.165, 1.54) is 6.42 Å². The lowest BCUT2D eigenvalue weighted by molar-refractivity contribution is -0.193. The van der Waals surface area contributed by atoms with Gasteiger partial charge in [0.2, 0.25) is 5.28 Å². The molecule has 29 heavy (non-hydrogen) atoms. The molecular formula is C18H24Cl2N6O3. The molecule has 2 aromatic heterocycles. The second-order valence-electron chi connectivity index (χ2n) is 8.11. The molecule has 3 fully saturated rings. The zero-order valence-electron chi connectivity index (χ0n) is 16.3. The van der Waals surface area contributed by atoms with Gasteiger partial charge in [-0.15, -0.1) is 11.6 Å². The number of hydrogen-bond acceptors (Lipinski definition) is 8. The topological polar surface area (TPSA) is 86.6 Å². The van der Waals surface area contributed by atoms with Crippen molar-refractivity contribution >= 4 is 40.2 Å². The summed E-state index contributed by atoms with van der Waals surface area (Å²) in [6.45, 7) is 5.69. The van der Waals surface area contributed by atoms with Crippen molar-refractivity contribution in [3.8, 4) is 0 Å². The Labute approximate surface area is 178 Å². The number of halogens is 2. The van der Waals surface area contributed by atoms with Crippen molar-refractivity contribution in [1.82, 2.24) is 24.5 Å². The predicted octanol–water partition coefficient (Wildman–Crippen LogP) is 2.95. The summed E-state index contributed by atoms with van der Waals surface area (Å²) in [7, 11) is 0. The van der Waals surface area contributed by atoms with E-state index in [4.69, 9.17) is 37.4 Å². The number of ether oxygens (including phenoxy) is 3. The Kier molecular flexibility index (Phi) is 5.08. The smallest absolute Gasteiger partial charge is 0.226 e. The minimum Gasteiger partial charge on any atom is -0.348 e. The van der Waals surface area contributed by atoms with E-state index >= 15 is 0 Å². The number of piperidine rings is 1. The summed E-state index contributed by atoms with van der Waals surface area (Å²) in [6.07, 6.45) is 3.90. The standard InChI is InChI=1S/C18H24Cl2N6O3/c1-18(2)28-12-10(8-19)27-16(13(12)29-18)26-9-21-11-14(22-17(20)23-15(11)26)24-25-6-4-3-5-7-25/h9-10,12-13,16H,3-8H2,1-2H3,(H,22,23,24)/t10-,12-,13-,16-/m1/s1. The van der Waals surface area contributed by atoms with Crippen molar-refractivity contribution in [1.29, 1.82) is 0 Å². The normalized spacial score (nSPS) is 32.0. The van der Waals surface area contributed by atoms with Crippen LogP contribution >= 0.6 is 23.2 Å². The first-order chi connectivity index (χ1) is 13.9. The summed E-state index contributed by atoms with van der Waals surface area (Å²) in [5.74, 6) is 0.195. The fraction of sp³-hybridized carbons (Fsp3) is 0.722. The van der Waals surface area contributed by atoms with Gasteiger partial charge in [0.05, 0.1) is 12.2 Å². The van der Waals surface area contributed by atoms with Crippen molar-refractivity contribution in [2.45, 2.75) is 63.4 Å². The van der Waals surface area contributed by atoms with E-state index < -0.39 is 12.0 Å². The van der Waals surface area contributed by atoms with Crippen LogP contribution in [0.4, 0.5) is 5.82 Å². The second-order valence-corrected chi connectivity index (χ2v) is 8.76. The van der Waals surface area contributed by atoms with Crippen LogP contribution in [-0.4, -0.2) is 67.6 Å². The lowest BCUT2D eigenvalue weighted by Gasteiger charge is -2.27. The summed E-state index contributed by atoms with van der Waals surface area (Å²) >= 11 is 12.4. The first-order valence-corrected chi connectivity index (χ1v) is 10.9. The Balaban J connectivity index is 1.49. The van der Waals surface area contributed by atoms with Crippen LogP contribution in [0.5, 0.6) is 0 Å². The number of fused-ring (bicyclic) bond motifs is 2. The van der Waals surface area contributed by atoms with Crippen LogP contribution in [0.25, 0.3) is 11.2 Å². The first kappa shape index (κ1) is 19.7. The number of aromatic nitrogens is 4. The van der Waals surface area contributed by atoms with Crippen LogP contribution in [-0.2, 0) is 14.2 Å². The average Bonchev–Trinajstić information content (AvgIpc) is 3.33. The van der Waals surface area contributed by atoms with Gasteiger partial charge in [0, 0.05) is 13.1 Å². The lowest BCUT2D eigenvalue weighted by atomic mass is 10.1. The summed E-state index contributed by atoms with van der Waals surface area (Å²) in [6, 6.07) is 0. The maximum Gasteiger partial charge on any atom is 0.226 e. The molecule has 0 spiro atoms. The molecule has 0 saturated carbocycles. The van der Waals surface area contributed by atoms with Gasteiger partial charge in [-0.3, -0.25) is 4.57 Å². The third-order valence-corrected chi connectivity index (χ3v) is 6.04. The Bertz CT molecular complexity index is 903. The van der Waals surface area contributed by atoms with Gasteiger partial charge in [0.1, 0.15) is 18.3 Å². The number of hydrogen-bond donors (Lipinski definition) is 1. The molecule has 158 valence electrons. The fourth-order valence-electron chi connectivity index (χ4n) is 4.32. The van der Waals surface area contributed by atoms with Crippen molar-refractivity contribution < 1.29 is 14.2 Å². The van der Waals surface area contributed by atoms with E-state index in [1.807, 2.05) is 18.4 Å². The zero-order chi connectivity index (χ0) is 20.2. The van der Waals surface area contributed by atoms with E-state index in [0.717, 1.165) is 25.9 Å². The number of nitrogens with one attached hydrogen (secondary N) is 1. The number of nitrogens with zero attached hydrogens (tertiary/aromatic N) is 5. The third-order valence-electron chi connectivity index (χ3n) is 5.57. The van der Waals surface area contributed by atoms with Gasteiger partial charge in [-0.2, -0.15) is 9.97 Å². The van der Waals surface area contributed by atoms with Gasteiger partial charge in [0.25, 0.3) is 0 Å². The maximum atomic E-state index is 6.25. The molecule has 3 aliphatic rings. The maximum absolute atomic E-state index is 6.25. The highest BCUT2D eigenvalue weighted by molar-refractivity contribution is 6.28. The van der Waals surface area contributed by atoms with Gasteiger partial charge in [-0.1, -0.05) is 6.42 Å². The largest absolute Gasteiger partial charge is 0.348 e. The van der Waals surface area contributed by atoms with E-state index in [1.54, 1.807) is 6.33 Å². The van der Waals surface area contributed by atoms with Crippen LogP contribution < -0.4 is 5.43 Å². The molecule has 5 rings (SSSR count). The molecule has 9 nitrogen and oxygen atoms in total. The SMILES string of the molecule is CC1(C)O[C@@H]2[C@H](O1)[C@@H](CCl)O[C@H]2n1cnc2c(NN3CCCCC3)nc(Cl)nc21. The number of imidazole rings is 1. The fourth-order valence-corrected chi connectivity index (χ4v) is 4.73. The van der Waals surface area contributed by atoms with Gasteiger partial charge in [-0.05, 0) is 38.3 Å². The van der Waals surface area contributed by atoms with Crippen LogP contribution in [0.2, 0.25) is 5.28 Å². The average molecular weight is 443 g/mol. The molecule has 11 heteroatoms. The summed E-state index contributed by atoms with van der Waals surface area (Å²) < 4.78 is 20.1. The van der Waals surface area contributed by atoms with Crippen LogP contribution in [0.1, 0.15) is 39.3 Å². The molecule has 2 aromatic rings. The molecule has 1 N–H and O–H groups in total. The molecule has 0 amide bonds. The number of hydrazine groups is 1. The van der Waals surface area contributed by atoms with Crippen LogP contribution in [0.3, 0.4) is 0 Å². The van der Waals surface area contributed by atoms with Gasteiger partial charge < -0.3 is 19.6 Å². The highest BCUT2D eigenvalue weighted by Gasteiger charge is 2.55. The quantitative estimate of drug-likeness (QED) is 0.570. The second kappa shape index (κ2) is 7.47. The van der Waals surface area contributed by atoms with Gasteiger partial charge in [-0.25, -0.2) is 9.99 Å². The lowest BCUT2D eigenvalue weighted by Crippen LogP contribution is -2.35. The van der Waals surface area contributed by atoms with Crippen LogP contribution in [0.15, 0.2) is 6.33 Å². The molecule has 0 unspecified atom stereocenters. The molecular weight excluding hydrogens is 419 g/mol. The van der Waals surface area contributed by atoms with E-state index in [-0.39, 0.29) is 23.6 Å². The molecule has 3 aliphatic heterocycles. The summed E-state index contributed by atoms with van der Waals surface area (Å²) in [5.41, 5.74) is 4.56. The number of alkyl halides is 1. The minimum absolute atomic E-state index is 0.145. The minimum atomic E-state index is -0.703. The van der Waals surface area contributed by atoms with E-state index in [9.17, 15) is 0 Å². The van der Waals surface area contributed by atoms with E-state index in [0.29, 0.717) is 22.9 Å². The number of anilines is 1. The molecule has 4 atom stereocenters. The predicted molar refractivity (Wildman–Crippen MR) is 108 cm³/mol. The number of rotatable bonds is 4. The van der Waals surface area contributed by atoms with Gasteiger partial charge >= 0.3 is 0 Å². The molecule has 0 radical (unpaired) electrons. The molecule has 0 bridgehead atoms. The highest BCUT2D eigenvalue weighted by Crippen LogP contribution is 2.44. The molecule has 0 aromatic carbocycles. The van der Waals surface area contributed by atoms with Crippen molar-refractivity contribution in [2.75, 3.05) is 24.4 Å². The first-order valence-electron chi connectivity index (χ1n) is 9.94. The van der Waals surface area contributed by atoms with Crippen molar-refractivity contribution in [2.24, 2.45) is 0 Å². The highest BCUT2D eigenvalue weighted by atomic mass is 35.5. The van der Waals surface area contributed by atoms with Crippen molar-refractivity contribution in [3.63, 3.8) is 0 Å². The van der Waals surface area contributed by atoms with Crippen molar-refractivity contribution in [3.05, 3.63) is 11.6 Å². The zero-order valence-corrected chi connectivity index (χ0v) is 17.9. The van der Waals surface area contributed by atoms with Gasteiger partial charge in [0.15, 0.2) is 29.0 Å². The molecule has 5 heterocycles. The Morgan fingerprint density at radius 2 is 1.93 bits per heavy atom. The van der Waals surface area contributed by atoms with Crippen LogP contribution in [0, 0.1) is 0 Å². The third kappa shape index (κ3) is 3.58. The molecule has 0 aliphatic carbocycles.